The van der Waals surface area contributed by atoms with Crippen LogP contribution >= 0.6 is 0 Å². The predicted molar refractivity (Wildman–Crippen MR) is 177 cm³/mol. The van der Waals surface area contributed by atoms with Crippen molar-refractivity contribution in [3.8, 4) is 16.9 Å². The highest BCUT2D eigenvalue weighted by Crippen LogP contribution is 2.54. The lowest BCUT2D eigenvalue weighted by Crippen LogP contribution is -2.44. The van der Waals surface area contributed by atoms with Crippen LogP contribution in [0.4, 0.5) is 0 Å². The molecule has 2 aliphatic heterocycles. The summed E-state index contributed by atoms with van der Waals surface area (Å²) in [6, 6.07) is 10.5. The van der Waals surface area contributed by atoms with Crippen molar-refractivity contribution >= 4 is 17.4 Å². The van der Waals surface area contributed by atoms with E-state index in [1.807, 2.05) is 24.3 Å². The number of amides is 2. The number of benzene rings is 2. The van der Waals surface area contributed by atoms with Crippen LogP contribution in [0.1, 0.15) is 91.1 Å². The van der Waals surface area contributed by atoms with E-state index in [4.69, 9.17) is 14.2 Å². The molecular formula is C37H49N3O5. The van der Waals surface area contributed by atoms with Crippen LogP contribution in [0.2, 0.25) is 0 Å². The molecule has 4 aliphatic rings. The van der Waals surface area contributed by atoms with Crippen LogP contribution in [-0.2, 0) is 15.9 Å². The second-order valence-corrected chi connectivity index (χ2v) is 13.6. The van der Waals surface area contributed by atoms with Gasteiger partial charge < -0.3 is 29.7 Å². The summed E-state index contributed by atoms with van der Waals surface area (Å²) in [5.41, 5.74) is 6.55. The smallest absolute Gasteiger partial charge is 0.254 e. The number of nitrogens with one attached hydrogen (secondary N) is 2. The van der Waals surface area contributed by atoms with Crippen molar-refractivity contribution in [2.24, 2.45) is 5.41 Å². The highest BCUT2D eigenvalue weighted by molar-refractivity contribution is 6.00. The van der Waals surface area contributed by atoms with E-state index in [1.165, 1.54) is 6.42 Å². The third-order valence-electron chi connectivity index (χ3n) is 10.1. The molecule has 1 unspecified atom stereocenters. The second-order valence-electron chi connectivity index (χ2n) is 13.6. The molecule has 8 nitrogen and oxygen atoms in total. The Hall–Kier alpha value is -3.20. The summed E-state index contributed by atoms with van der Waals surface area (Å²) in [5, 5.41) is 6.78. The van der Waals surface area contributed by atoms with E-state index >= 15 is 0 Å². The van der Waals surface area contributed by atoms with E-state index in [-0.39, 0.29) is 35.4 Å². The summed E-state index contributed by atoms with van der Waals surface area (Å²) in [4.78, 5) is 30.1. The first-order valence-electron chi connectivity index (χ1n) is 16.8. The van der Waals surface area contributed by atoms with Gasteiger partial charge in [-0.2, -0.15) is 0 Å². The van der Waals surface area contributed by atoms with Gasteiger partial charge in [0.1, 0.15) is 5.75 Å². The fourth-order valence-corrected chi connectivity index (χ4v) is 7.49. The number of hydrogen-bond acceptors (Lipinski definition) is 6. The van der Waals surface area contributed by atoms with Gasteiger partial charge in [0.15, 0.2) is 0 Å². The van der Waals surface area contributed by atoms with Gasteiger partial charge in [0.25, 0.3) is 11.8 Å². The zero-order chi connectivity index (χ0) is 31.6. The van der Waals surface area contributed by atoms with Crippen LogP contribution in [0.25, 0.3) is 16.7 Å². The molecule has 2 heterocycles. The Bertz CT molecular complexity index is 1440. The first kappa shape index (κ1) is 31.8. The van der Waals surface area contributed by atoms with Gasteiger partial charge in [0.2, 0.25) is 0 Å². The summed E-state index contributed by atoms with van der Waals surface area (Å²) < 4.78 is 17.2. The number of fused-ring (bicyclic) bond motifs is 4. The van der Waals surface area contributed by atoms with E-state index in [0.717, 1.165) is 73.0 Å². The third kappa shape index (κ3) is 6.69. The van der Waals surface area contributed by atoms with Gasteiger partial charge in [-0.3, -0.25) is 9.59 Å². The van der Waals surface area contributed by atoms with Crippen molar-refractivity contribution in [3.05, 3.63) is 58.7 Å². The number of hydrogen-bond donors (Lipinski definition) is 2. The number of nitrogens with zero attached hydrogens (tertiary/aromatic N) is 1. The molecule has 6 rings (SSSR count). The molecule has 242 valence electrons. The largest absolute Gasteiger partial charge is 0.493 e. The van der Waals surface area contributed by atoms with E-state index in [2.05, 4.69) is 48.4 Å². The number of piperidine rings is 1. The van der Waals surface area contributed by atoms with Crippen LogP contribution in [0.3, 0.4) is 0 Å². The molecule has 0 radical (unpaired) electrons. The van der Waals surface area contributed by atoms with E-state index in [1.54, 1.807) is 7.11 Å². The second kappa shape index (κ2) is 13.7. The number of methoxy groups -OCH3 is 1. The van der Waals surface area contributed by atoms with Gasteiger partial charge in [-0.05, 0) is 112 Å². The first-order chi connectivity index (χ1) is 21.8. The molecule has 2 aromatic rings. The van der Waals surface area contributed by atoms with Crippen molar-refractivity contribution in [2.45, 2.75) is 83.8 Å². The quantitative estimate of drug-likeness (QED) is 0.337. The Morgan fingerprint density at radius 2 is 1.93 bits per heavy atom. The van der Waals surface area contributed by atoms with Gasteiger partial charge >= 0.3 is 0 Å². The average Bonchev–Trinajstić information content (AvgIpc) is 3.72. The van der Waals surface area contributed by atoms with Crippen molar-refractivity contribution in [1.82, 2.24) is 15.5 Å². The average molecular weight is 616 g/mol. The Labute approximate surface area is 267 Å². The molecule has 2 aromatic carbocycles. The maximum atomic E-state index is 14.5. The maximum absolute atomic E-state index is 14.5. The third-order valence-corrected chi connectivity index (χ3v) is 10.1. The summed E-state index contributed by atoms with van der Waals surface area (Å²) in [7, 11) is 1.69. The Morgan fingerprint density at radius 1 is 1.11 bits per heavy atom. The molecule has 2 aliphatic carbocycles. The lowest BCUT2D eigenvalue weighted by atomic mass is 9.86. The molecule has 45 heavy (non-hydrogen) atoms. The van der Waals surface area contributed by atoms with E-state index < -0.39 is 0 Å². The molecule has 2 N–H and O–H groups in total. The van der Waals surface area contributed by atoms with Crippen LogP contribution in [0, 0.1) is 5.41 Å². The molecule has 8 heteroatoms. The van der Waals surface area contributed by atoms with Crippen LogP contribution < -0.4 is 15.4 Å². The number of rotatable bonds is 10. The SMILES string of the molecule is COCCCOc1cc(C(=O)N(C(C)C)C2C[C@]23CCCNC3)c2cc1-c1cc(C(=O)NC3CCOCC3)ccc1/C(C)=C\C2. The summed E-state index contributed by atoms with van der Waals surface area (Å²) in [5.74, 6) is 0.674. The van der Waals surface area contributed by atoms with Crippen LogP contribution in [0.5, 0.6) is 5.75 Å². The Morgan fingerprint density at radius 3 is 2.67 bits per heavy atom. The number of ether oxygens (including phenoxy) is 3. The maximum Gasteiger partial charge on any atom is 0.254 e. The Kier molecular flexibility index (Phi) is 9.64. The fraction of sp³-hybridized carbons (Fsp3) is 0.568. The summed E-state index contributed by atoms with van der Waals surface area (Å²) in [6.45, 7) is 10.8. The van der Waals surface area contributed by atoms with E-state index in [0.29, 0.717) is 49.7 Å². The molecule has 1 spiro atoms. The minimum Gasteiger partial charge on any atom is -0.493 e. The molecule has 2 saturated heterocycles. The van der Waals surface area contributed by atoms with Crippen molar-refractivity contribution in [3.63, 3.8) is 0 Å². The zero-order valence-electron chi connectivity index (χ0n) is 27.4. The van der Waals surface area contributed by atoms with Gasteiger partial charge in [-0.25, -0.2) is 0 Å². The van der Waals surface area contributed by atoms with Crippen molar-refractivity contribution in [1.29, 1.82) is 0 Å². The fourth-order valence-electron chi connectivity index (χ4n) is 7.49. The standard InChI is InChI=1S/C37H49N3O5/c1-24(2)40(34-22-37(34)13-5-14-38-23-37)36(42)30-21-33(45-16-6-15-43-4)32-19-26(30)8-7-25(3)29-10-9-27(20-31(29)32)35(41)39-28-11-17-44-18-12-28/h7,9-10,19-21,24,28,34,38H,5-6,8,11-18,22-23H2,1-4H3,(H,39,41)/b25-7-/t34?,37-/m0/s1. The van der Waals surface area contributed by atoms with Gasteiger partial charge in [-0.1, -0.05) is 12.1 Å². The lowest BCUT2D eigenvalue weighted by molar-refractivity contribution is 0.0646. The normalized spacial score (nSPS) is 23.8. The summed E-state index contributed by atoms with van der Waals surface area (Å²) >= 11 is 0. The van der Waals surface area contributed by atoms with Crippen LogP contribution in [0.15, 0.2) is 36.4 Å². The minimum absolute atomic E-state index is 0.0777. The van der Waals surface area contributed by atoms with E-state index in [9.17, 15) is 9.59 Å². The van der Waals surface area contributed by atoms with Crippen molar-refractivity contribution < 1.29 is 23.8 Å². The van der Waals surface area contributed by atoms with Gasteiger partial charge in [0, 0.05) is 80.1 Å². The monoisotopic (exact) mass is 615 g/mol. The molecule has 2 atom stereocenters. The minimum atomic E-state index is -0.0777. The van der Waals surface area contributed by atoms with Gasteiger partial charge in [0.05, 0.1) is 6.61 Å². The highest BCUT2D eigenvalue weighted by atomic mass is 16.5. The van der Waals surface area contributed by atoms with Crippen molar-refractivity contribution in [2.75, 3.05) is 46.6 Å². The highest BCUT2D eigenvalue weighted by Gasteiger charge is 2.58. The number of carbonyl (C=O) groups is 2. The van der Waals surface area contributed by atoms with Gasteiger partial charge in [-0.15, -0.1) is 0 Å². The first-order valence-corrected chi connectivity index (χ1v) is 16.8. The summed E-state index contributed by atoms with van der Waals surface area (Å²) in [6.07, 6.45) is 8.62. The molecule has 0 aromatic heterocycles. The zero-order valence-corrected chi connectivity index (χ0v) is 27.4. The predicted octanol–water partition coefficient (Wildman–Crippen LogP) is 5.63. The number of allylic oxidation sites excluding steroid dienone is 2. The van der Waals surface area contributed by atoms with Crippen LogP contribution in [-0.4, -0.2) is 81.5 Å². The molecule has 1 saturated carbocycles. The molecule has 2 amide bonds. The topological polar surface area (TPSA) is 89.1 Å². The molecule has 3 fully saturated rings. The number of carbonyl (C=O) groups excluding carboxylic acids is 2. The molecule has 2 bridgehead atoms. The lowest BCUT2D eigenvalue weighted by Gasteiger charge is -2.33. The molecular weight excluding hydrogens is 566 g/mol. The Balaban J connectivity index is 1.38.